The highest BCUT2D eigenvalue weighted by Gasteiger charge is 2.33. The van der Waals surface area contributed by atoms with Crippen LogP contribution in [0.4, 0.5) is 0 Å². The fourth-order valence-electron chi connectivity index (χ4n) is 2.24. The second-order valence-corrected chi connectivity index (χ2v) is 4.98. The van der Waals surface area contributed by atoms with Crippen molar-refractivity contribution in [1.82, 2.24) is 10.2 Å². The van der Waals surface area contributed by atoms with Gasteiger partial charge in [-0.15, -0.1) is 0 Å². The Labute approximate surface area is 102 Å². The molecule has 0 aromatic carbocycles. The maximum Gasteiger partial charge on any atom is 0.246 e. The molecule has 0 spiro atoms. The Bertz CT molecular complexity index is 283. The molecule has 92 valence electrons. The number of nitrogens with one attached hydrogen (secondary N) is 1. The van der Waals surface area contributed by atoms with Gasteiger partial charge in [-0.25, -0.2) is 0 Å². The quantitative estimate of drug-likeness (QED) is 0.717. The molecule has 16 heavy (non-hydrogen) atoms. The van der Waals surface area contributed by atoms with Crippen LogP contribution in [0.5, 0.6) is 0 Å². The van der Waals surface area contributed by atoms with Crippen LogP contribution in [0.15, 0.2) is 0 Å². The van der Waals surface area contributed by atoms with Gasteiger partial charge in [-0.1, -0.05) is 6.92 Å². The zero-order valence-electron chi connectivity index (χ0n) is 10.1. The predicted octanol–water partition coefficient (Wildman–Crippen LogP) is 0.678. The van der Waals surface area contributed by atoms with E-state index in [1.54, 1.807) is 0 Å². The topological polar surface area (TPSA) is 49.4 Å². The summed E-state index contributed by atoms with van der Waals surface area (Å²) in [6, 6.07) is -0.229. The largest absolute Gasteiger partial charge is 0.344 e. The molecule has 4 nitrogen and oxygen atoms in total. The molecule has 0 aromatic rings. The Morgan fingerprint density at radius 1 is 1.50 bits per heavy atom. The minimum Gasteiger partial charge on any atom is -0.344 e. The monoisotopic (exact) mass is 244 g/mol. The average molecular weight is 244 g/mol. The third kappa shape index (κ3) is 3.14. The SMILES string of the molecule is CC(=O)NC(CS)C(=O)N1CC(C)CC1C. The molecule has 0 bridgehead atoms. The standard InChI is InChI=1S/C11H20N2O2S/c1-7-4-8(2)13(5-7)11(15)10(6-16)12-9(3)14/h7-8,10,16H,4-6H2,1-3H3,(H,12,14). The summed E-state index contributed by atoms with van der Waals surface area (Å²) in [6.45, 7) is 6.38. The van der Waals surface area contributed by atoms with Crippen LogP contribution >= 0.6 is 12.6 Å². The molecule has 2 amide bonds. The third-order valence-corrected chi connectivity index (χ3v) is 3.29. The molecule has 1 fully saturated rings. The summed E-state index contributed by atoms with van der Waals surface area (Å²) in [6.07, 6.45) is 1.03. The number of hydrogen-bond donors (Lipinski definition) is 2. The molecule has 1 rings (SSSR count). The highest BCUT2D eigenvalue weighted by molar-refractivity contribution is 7.80. The summed E-state index contributed by atoms with van der Waals surface area (Å²) in [5, 5.41) is 2.64. The molecule has 0 saturated carbocycles. The minimum absolute atomic E-state index is 0.0120. The summed E-state index contributed by atoms with van der Waals surface area (Å²) >= 11 is 4.11. The van der Waals surface area contributed by atoms with Crippen molar-refractivity contribution in [3.63, 3.8) is 0 Å². The van der Waals surface area contributed by atoms with Crippen molar-refractivity contribution in [3.8, 4) is 0 Å². The van der Waals surface area contributed by atoms with Crippen LogP contribution in [0, 0.1) is 5.92 Å². The van der Waals surface area contributed by atoms with Gasteiger partial charge >= 0.3 is 0 Å². The molecule has 1 saturated heterocycles. The molecule has 1 N–H and O–H groups in total. The number of nitrogens with zero attached hydrogens (tertiary/aromatic N) is 1. The van der Waals surface area contributed by atoms with Crippen LogP contribution in [-0.4, -0.2) is 41.1 Å². The van der Waals surface area contributed by atoms with Crippen LogP contribution in [0.25, 0.3) is 0 Å². The van der Waals surface area contributed by atoms with Crippen molar-refractivity contribution in [2.24, 2.45) is 5.92 Å². The van der Waals surface area contributed by atoms with Gasteiger partial charge in [-0.3, -0.25) is 9.59 Å². The van der Waals surface area contributed by atoms with Crippen molar-refractivity contribution < 1.29 is 9.59 Å². The zero-order chi connectivity index (χ0) is 12.3. The summed E-state index contributed by atoms with van der Waals surface area (Å²) in [5.41, 5.74) is 0. The molecule has 1 aliphatic rings. The number of likely N-dealkylation sites (tertiary alicyclic amines) is 1. The minimum atomic E-state index is -0.492. The number of thiol groups is 1. The molecular weight excluding hydrogens is 224 g/mol. The van der Waals surface area contributed by atoms with Crippen LogP contribution in [0.2, 0.25) is 0 Å². The lowest BCUT2D eigenvalue weighted by atomic mass is 10.1. The molecule has 0 aromatic heterocycles. The van der Waals surface area contributed by atoms with Crippen molar-refractivity contribution >= 4 is 24.4 Å². The van der Waals surface area contributed by atoms with Gasteiger partial charge in [0.25, 0.3) is 0 Å². The van der Waals surface area contributed by atoms with Crippen molar-refractivity contribution in [2.75, 3.05) is 12.3 Å². The van der Waals surface area contributed by atoms with Gasteiger partial charge < -0.3 is 10.2 Å². The van der Waals surface area contributed by atoms with E-state index in [0.717, 1.165) is 13.0 Å². The fourth-order valence-corrected chi connectivity index (χ4v) is 2.49. The number of amides is 2. The lowest BCUT2D eigenvalue weighted by Gasteiger charge is -2.26. The van der Waals surface area contributed by atoms with E-state index in [4.69, 9.17) is 0 Å². The normalized spacial score (nSPS) is 26.6. The average Bonchev–Trinajstić information content (AvgIpc) is 2.53. The summed E-state index contributed by atoms with van der Waals surface area (Å²) in [4.78, 5) is 24.9. The summed E-state index contributed by atoms with van der Waals surface area (Å²) in [7, 11) is 0. The van der Waals surface area contributed by atoms with Crippen LogP contribution < -0.4 is 5.32 Å². The van der Waals surface area contributed by atoms with Gasteiger partial charge in [0.2, 0.25) is 11.8 Å². The Morgan fingerprint density at radius 3 is 2.50 bits per heavy atom. The summed E-state index contributed by atoms with van der Waals surface area (Å²) < 4.78 is 0. The first-order valence-electron chi connectivity index (χ1n) is 5.64. The maximum atomic E-state index is 12.1. The number of carbonyl (C=O) groups is 2. The lowest BCUT2D eigenvalue weighted by Crippen LogP contribution is -2.50. The Morgan fingerprint density at radius 2 is 2.12 bits per heavy atom. The maximum absolute atomic E-state index is 12.1. The third-order valence-electron chi connectivity index (χ3n) is 2.93. The molecule has 3 atom stereocenters. The van der Waals surface area contributed by atoms with E-state index in [9.17, 15) is 9.59 Å². The Balaban J connectivity index is 2.64. The highest BCUT2D eigenvalue weighted by Crippen LogP contribution is 2.23. The van der Waals surface area contributed by atoms with E-state index in [1.165, 1.54) is 6.92 Å². The Kier molecular flexibility index (Phi) is 4.65. The van der Waals surface area contributed by atoms with Crippen LogP contribution in [0.3, 0.4) is 0 Å². The van der Waals surface area contributed by atoms with E-state index in [-0.39, 0.29) is 17.9 Å². The molecule has 0 radical (unpaired) electrons. The first-order chi connectivity index (χ1) is 7.45. The Hall–Kier alpha value is -0.710. The van der Waals surface area contributed by atoms with E-state index >= 15 is 0 Å². The molecule has 5 heteroatoms. The smallest absolute Gasteiger partial charge is 0.246 e. The molecule has 1 aliphatic heterocycles. The number of carbonyl (C=O) groups excluding carboxylic acids is 2. The number of hydrogen-bond acceptors (Lipinski definition) is 3. The fraction of sp³-hybridized carbons (Fsp3) is 0.818. The van der Waals surface area contributed by atoms with Gasteiger partial charge in [-0.05, 0) is 19.3 Å². The van der Waals surface area contributed by atoms with E-state index in [2.05, 4.69) is 24.9 Å². The van der Waals surface area contributed by atoms with Gasteiger partial charge in [0, 0.05) is 25.3 Å². The van der Waals surface area contributed by atoms with Crippen LogP contribution in [0.1, 0.15) is 27.2 Å². The lowest BCUT2D eigenvalue weighted by molar-refractivity contribution is -0.136. The van der Waals surface area contributed by atoms with Gasteiger partial charge in [0.15, 0.2) is 0 Å². The molecule has 3 unspecified atom stereocenters. The molecular formula is C11H20N2O2S. The van der Waals surface area contributed by atoms with Gasteiger partial charge in [-0.2, -0.15) is 12.6 Å². The first kappa shape index (κ1) is 13.4. The van der Waals surface area contributed by atoms with Crippen molar-refractivity contribution in [3.05, 3.63) is 0 Å². The van der Waals surface area contributed by atoms with Crippen LogP contribution in [-0.2, 0) is 9.59 Å². The molecule has 0 aliphatic carbocycles. The second-order valence-electron chi connectivity index (χ2n) is 4.62. The van der Waals surface area contributed by atoms with E-state index in [1.807, 2.05) is 11.8 Å². The van der Waals surface area contributed by atoms with Gasteiger partial charge in [0.05, 0.1) is 0 Å². The first-order valence-corrected chi connectivity index (χ1v) is 6.27. The van der Waals surface area contributed by atoms with E-state index < -0.39 is 6.04 Å². The molecule has 1 heterocycles. The van der Waals surface area contributed by atoms with E-state index in [0.29, 0.717) is 11.7 Å². The second kappa shape index (κ2) is 5.57. The zero-order valence-corrected chi connectivity index (χ0v) is 11.0. The summed E-state index contributed by atoms with van der Waals surface area (Å²) in [5.74, 6) is 0.682. The van der Waals surface area contributed by atoms with Crippen molar-refractivity contribution in [1.29, 1.82) is 0 Å². The predicted molar refractivity (Wildman–Crippen MR) is 66.4 cm³/mol. The van der Waals surface area contributed by atoms with Crippen molar-refractivity contribution in [2.45, 2.75) is 39.3 Å². The van der Waals surface area contributed by atoms with Gasteiger partial charge in [0.1, 0.15) is 6.04 Å². The highest BCUT2D eigenvalue weighted by atomic mass is 32.1. The number of rotatable bonds is 3.